The molecule has 1 aromatic rings. The molecule has 0 radical (unpaired) electrons. The van der Waals surface area contributed by atoms with E-state index in [4.69, 9.17) is 9.47 Å². The molecule has 1 N–H and O–H groups in total. The lowest BCUT2D eigenvalue weighted by atomic mass is 9.72. The first-order valence-electron chi connectivity index (χ1n) is 11.1. The summed E-state index contributed by atoms with van der Waals surface area (Å²) in [5.74, 6) is 2.31. The van der Waals surface area contributed by atoms with Gasteiger partial charge in [-0.1, -0.05) is 19.8 Å². The molecule has 3 atom stereocenters. The van der Waals surface area contributed by atoms with Crippen molar-refractivity contribution in [2.75, 3.05) is 26.3 Å². The molecule has 2 aliphatic heterocycles. The van der Waals surface area contributed by atoms with Crippen LogP contribution in [0, 0.1) is 11.8 Å². The van der Waals surface area contributed by atoms with E-state index in [0.717, 1.165) is 25.8 Å². The van der Waals surface area contributed by atoms with Crippen LogP contribution in [0.25, 0.3) is 0 Å². The van der Waals surface area contributed by atoms with Gasteiger partial charge in [-0.25, -0.2) is 13.1 Å². The van der Waals surface area contributed by atoms with Crippen molar-refractivity contribution in [3.05, 3.63) is 18.2 Å². The standard InChI is InChI=1S/C22H32N2O5S/c1-16-10-12-24(19-6-3-2-5-18(16)19)22(25)9-11-23-30(26,27)17-7-8-20-21(15-17)29-14-4-13-28-20/h7-8,15-16,18-19,23H,2-6,9-14H2,1H3/t16-,18-,19-/m1/s1. The van der Waals surface area contributed by atoms with Crippen LogP contribution < -0.4 is 14.2 Å². The molecule has 1 saturated heterocycles. The van der Waals surface area contributed by atoms with Gasteiger partial charge >= 0.3 is 0 Å². The van der Waals surface area contributed by atoms with Crippen LogP contribution in [0.1, 0.15) is 51.9 Å². The third-order valence-electron chi connectivity index (χ3n) is 6.72. The highest BCUT2D eigenvalue weighted by Crippen LogP contribution is 2.39. The van der Waals surface area contributed by atoms with Gasteiger partial charge in [-0.05, 0) is 43.2 Å². The van der Waals surface area contributed by atoms with E-state index >= 15 is 0 Å². The maximum atomic E-state index is 12.9. The molecule has 3 aliphatic rings. The number of piperidine rings is 1. The van der Waals surface area contributed by atoms with Gasteiger partial charge in [-0.15, -0.1) is 0 Å². The highest BCUT2D eigenvalue weighted by molar-refractivity contribution is 7.89. The third-order valence-corrected chi connectivity index (χ3v) is 8.18. The normalized spacial score (nSPS) is 26.6. The Morgan fingerprint density at radius 2 is 1.87 bits per heavy atom. The van der Waals surface area contributed by atoms with E-state index in [9.17, 15) is 13.2 Å². The van der Waals surface area contributed by atoms with Gasteiger partial charge in [-0.2, -0.15) is 0 Å². The summed E-state index contributed by atoms with van der Waals surface area (Å²) in [4.78, 5) is 15.0. The van der Waals surface area contributed by atoms with E-state index in [1.165, 1.54) is 31.4 Å². The van der Waals surface area contributed by atoms with Crippen molar-refractivity contribution in [1.29, 1.82) is 0 Å². The van der Waals surface area contributed by atoms with E-state index in [0.29, 0.717) is 42.6 Å². The molecule has 8 heteroatoms. The summed E-state index contributed by atoms with van der Waals surface area (Å²) in [7, 11) is -3.72. The van der Waals surface area contributed by atoms with Crippen LogP contribution >= 0.6 is 0 Å². The lowest BCUT2D eigenvalue weighted by Gasteiger charge is -2.47. The molecule has 2 heterocycles. The average molecular weight is 437 g/mol. The second kappa shape index (κ2) is 9.14. The van der Waals surface area contributed by atoms with Crippen molar-refractivity contribution in [2.45, 2.75) is 62.8 Å². The van der Waals surface area contributed by atoms with Crippen molar-refractivity contribution in [3.63, 3.8) is 0 Å². The Bertz CT molecular complexity index is 872. The highest BCUT2D eigenvalue weighted by Gasteiger charge is 2.39. The minimum atomic E-state index is -3.72. The van der Waals surface area contributed by atoms with Gasteiger partial charge in [0.15, 0.2) is 11.5 Å². The van der Waals surface area contributed by atoms with Gasteiger partial charge in [0.05, 0.1) is 18.1 Å². The molecule has 2 fully saturated rings. The third kappa shape index (κ3) is 4.59. The number of fused-ring (bicyclic) bond motifs is 2. The Balaban J connectivity index is 1.35. The van der Waals surface area contributed by atoms with E-state index < -0.39 is 10.0 Å². The van der Waals surface area contributed by atoms with Crippen molar-refractivity contribution in [1.82, 2.24) is 9.62 Å². The van der Waals surface area contributed by atoms with Crippen LogP contribution in [0.15, 0.2) is 23.1 Å². The minimum Gasteiger partial charge on any atom is -0.490 e. The van der Waals surface area contributed by atoms with Crippen molar-refractivity contribution in [2.24, 2.45) is 11.8 Å². The van der Waals surface area contributed by atoms with Gasteiger partial charge in [0.2, 0.25) is 15.9 Å². The first kappa shape index (κ1) is 21.4. The molecule has 166 valence electrons. The Labute approximate surface area is 179 Å². The quantitative estimate of drug-likeness (QED) is 0.767. The SMILES string of the molecule is C[C@@H]1CCN(C(=O)CCNS(=O)(=O)c2ccc3c(c2)OCCCO3)[C@@H]2CCCC[C@H]12. The van der Waals surface area contributed by atoms with Crippen molar-refractivity contribution in [3.8, 4) is 11.5 Å². The zero-order chi connectivity index (χ0) is 21.1. The number of benzene rings is 1. The number of hydrogen-bond donors (Lipinski definition) is 1. The second-order valence-electron chi connectivity index (χ2n) is 8.68. The number of ether oxygens (including phenoxy) is 2. The van der Waals surface area contributed by atoms with Crippen LogP contribution in [-0.4, -0.2) is 51.6 Å². The molecule has 0 bridgehead atoms. The molecule has 7 nitrogen and oxygen atoms in total. The molecule has 30 heavy (non-hydrogen) atoms. The van der Waals surface area contributed by atoms with E-state index in [1.54, 1.807) is 6.07 Å². The van der Waals surface area contributed by atoms with Crippen LogP contribution in [-0.2, 0) is 14.8 Å². The maximum Gasteiger partial charge on any atom is 0.240 e. The Morgan fingerprint density at radius 3 is 2.70 bits per heavy atom. The van der Waals surface area contributed by atoms with Crippen LogP contribution in [0.5, 0.6) is 11.5 Å². The Morgan fingerprint density at radius 1 is 1.10 bits per heavy atom. The van der Waals surface area contributed by atoms with E-state index in [-0.39, 0.29) is 23.8 Å². The first-order valence-corrected chi connectivity index (χ1v) is 12.6. The Hall–Kier alpha value is -1.80. The molecular formula is C22H32N2O5S. The van der Waals surface area contributed by atoms with E-state index in [2.05, 4.69) is 11.6 Å². The number of rotatable bonds is 5. The van der Waals surface area contributed by atoms with Gasteiger partial charge in [0.25, 0.3) is 0 Å². The zero-order valence-electron chi connectivity index (χ0n) is 17.6. The van der Waals surface area contributed by atoms with Crippen molar-refractivity contribution < 1.29 is 22.7 Å². The number of nitrogens with zero attached hydrogens (tertiary/aromatic N) is 1. The summed E-state index contributed by atoms with van der Waals surface area (Å²) < 4.78 is 39.1. The average Bonchev–Trinajstić information content (AvgIpc) is 2.99. The summed E-state index contributed by atoms with van der Waals surface area (Å²) in [5.41, 5.74) is 0. The summed E-state index contributed by atoms with van der Waals surface area (Å²) in [6.07, 6.45) is 6.68. The first-order chi connectivity index (χ1) is 14.5. The lowest BCUT2D eigenvalue weighted by molar-refractivity contribution is -0.138. The maximum absolute atomic E-state index is 12.9. The van der Waals surface area contributed by atoms with Gasteiger partial charge in [0.1, 0.15) is 0 Å². The summed E-state index contributed by atoms with van der Waals surface area (Å²) in [6, 6.07) is 4.95. The van der Waals surface area contributed by atoms with Gasteiger partial charge in [0, 0.05) is 38.0 Å². The van der Waals surface area contributed by atoms with Crippen LogP contribution in [0.2, 0.25) is 0 Å². The van der Waals surface area contributed by atoms with Crippen LogP contribution in [0.4, 0.5) is 0 Å². The number of nitrogens with one attached hydrogen (secondary N) is 1. The fraction of sp³-hybridized carbons (Fsp3) is 0.682. The summed E-state index contributed by atoms with van der Waals surface area (Å²) in [6.45, 7) is 4.23. The molecule has 1 aromatic carbocycles. The molecule has 0 unspecified atom stereocenters. The number of amides is 1. The second-order valence-corrected chi connectivity index (χ2v) is 10.4. The number of carbonyl (C=O) groups is 1. The smallest absolute Gasteiger partial charge is 0.240 e. The van der Waals surface area contributed by atoms with Crippen molar-refractivity contribution >= 4 is 15.9 Å². The number of carbonyl (C=O) groups excluding carboxylic acids is 1. The monoisotopic (exact) mass is 436 g/mol. The fourth-order valence-corrected chi connectivity index (χ4v) is 6.10. The zero-order valence-corrected chi connectivity index (χ0v) is 18.5. The summed E-state index contributed by atoms with van der Waals surface area (Å²) >= 11 is 0. The molecular weight excluding hydrogens is 404 g/mol. The predicted molar refractivity (Wildman–Crippen MR) is 113 cm³/mol. The fourth-order valence-electron chi connectivity index (χ4n) is 5.05. The van der Waals surface area contributed by atoms with E-state index in [1.807, 2.05) is 4.90 Å². The van der Waals surface area contributed by atoms with Gasteiger partial charge in [-0.3, -0.25) is 4.79 Å². The number of hydrogen-bond acceptors (Lipinski definition) is 5. The number of sulfonamides is 1. The molecule has 1 amide bonds. The van der Waals surface area contributed by atoms with Gasteiger partial charge < -0.3 is 14.4 Å². The largest absolute Gasteiger partial charge is 0.490 e. The summed E-state index contributed by atoms with van der Waals surface area (Å²) in [5, 5.41) is 0. The predicted octanol–water partition coefficient (Wildman–Crippen LogP) is 2.94. The molecule has 0 aromatic heterocycles. The number of likely N-dealkylation sites (tertiary alicyclic amines) is 1. The Kier molecular flexibility index (Phi) is 6.53. The molecule has 0 spiro atoms. The lowest BCUT2D eigenvalue weighted by Crippen LogP contribution is -2.52. The minimum absolute atomic E-state index is 0.0557. The molecule has 1 aliphatic carbocycles. The highest BCUT2D eigenvalue weighted by atomic mass is 32.2. The topological polar surface area (TPSA) is 84.9 Å². The molecule has 1 saturated carbocycles. The van der Waals surface area contributed by atoms with Crippen LogP contribution in [0.3, 0.4) is 0 Å². The molecule has 4 rings (SSSR count).